The molecule has 1 heterocycles. The smallest absolute Gasteiger partial charge is 0.351 e. The number of benzene rings is 2. The fourth-order valence-corrected chi connectivity index (χ4v) is 3.14. The molecule has 0 fully saturated rings. The van der Waals surface area contributed by atoms with Gasteiger partial charge in [0.05, 0.1) is 23.2 Å². The van der Waals surface area contributed by atoms with Gasteiger partial charge < -0.3 is 4.74 Å². The van der Waals surface area contributed by atoms with Crippen LogP contribution >= 0.6 is 11.8 Å². The molecule has 0 spiro atoms. The second-order valence-corrected chi connectivity index (χ2v) is 6.09. The highest BCUT2D eigenvalue weighted by atomic mass is 32.2. The molecule has 7 heteroatoms. The largest absolute Gasteiger partial charge is 0.463 e. The standard InChI is InChI=1S/C18H15FN2O3S/c1-2-24-17(23)15(19)25-18-20-14-11-7-6-10-13(14)16(22)21(18)12-8-4-3-5-9-12/h3-11,15H,2H2,1H3. The Morgan fingerprint density at radius 3 is 2.60 bits per heavy atom. The van der Waals surface area contributed by atoms with Crippen molar-refractivity contribution in [3.05, 3.63) is 65.0 Å². The van der Waals surface area contributed by atoms with E-state index in [0.717, 1.165) is 0 Å². The molecule has 128 valence electrons. The Bertz CT molecular complexity index is 959. The van der Waals surface area contributed by atoms with Crippen molar-refractivity contribution in [1.29, 1.82) is 0 Å². The van der Waals surface area contributed by atoms with E-state index in [9.17, 15) is 14.0 Å². The highest BCUT2D eigenvalue weighted by Gasteiger charge is 2.24. The maximum atomic E-state index is 14.2. The van der Waals surface area contributed by atoms with Gasteiger partial charge in [0.15, 0.2) is 5.16 Å². The number of halogens is 1. The SMILES string of the molecule is CCOC(=O)C(F)Sc1nc2ccccc2c(=O)n1-c1ccccc1. The molecule has 0 aliphatic carbocycles. The van der Waals surface area contributed by atoms with Crippen LogP contribution in [-0.2, 0) is 9.53 Å². The molecule has 0 saturated heterocycles. The summed E-state index contributed by atoms with van der Waals surface area (Å²) in [6.45, 7) is 1.68. The van der Waals surface area contributed by atoms with Gasteiger partial charge >= 0.3 is 5.97 Å². The Hall–Kier alpha value is -2.67. The second kappa shape index (κ2) is 7.48. The highest BCUT2D eigenvalue weighted by Crippen LogP contribution is 2.26. The van der Waals surface area contributed by atoms with Gasteiger partial charge in [-0.25, -0.2) is 14.2 Å². The first kappa shape index (κ1) is 17.2. The summed E-state index contributed by atoms with van der Waals surface area (Å²) >= 11 is 0.553. The number of ether oxygens (including phenoxy) is 1. The zero-order chi connectivity index (χ0) is 17.8. The normalized spacial score (nSPS) is 12.1. The number of nitrogens with zero attached hydrogens (tertiary/aromatic N) is 2. The molecule has 1 aromatic heterocycles. The lowest BCUT2D eigenvalue weighted by atomic mass is 10.2. The Kier molecular flexibility index (Phi) is 5.14. The van der Waals surface area contributed by atoms with Gasteiger partial charge in [-0.2, -0.15) is 0 Å². The van der Waals surface area contributed by atoms with Gasteiger partial charge in [0.2, 0.25) is 5.50 Å². The van der Waals surface area contributed by atoms with Gasteiger partial charge in [0, 0.05) is 0 Å². The van der Waals surface area contributed by atoms with Gasteiger partial charge in [0.1, 0.15) is 0 Å². The minimum Gasteiger partial charge on any atom is -0.463 e. The third-order valence-electron chi connectivity index (χ3n) is 3.44. The van der Waals surface area contributed by atoms with E-state index in [-0.39, 0.29) is 17.3 Å². The summed E-state index contributed by atoms with van der Waals surface area (Å²) in [5, 5.41) is 0.512. The first-order valence-electron chi connectivity index (χ1n) is 7.66. The van der Waals surface area contributed by atoms with E-state index >= 15 is 0 Å². The van der Waals surface area contributed by atoms with Crippen molar-refractivity contribution in [1.82, 2.24) is 9.55 Å². The van der Waals surface area contributed by atoms with Crippen LogP contribution in [0.2, 0.25) is 0 Å². The molecular formula is C18H15FN2O3S. The predicted octanol–water partition coefficient (Wildman–Crippen LogP) is 3.34. The van der Waals surface area contributed by atoms with Gasteiger partial charge in [0.25, 0.3) is 5.56 Å². The fraction of sp³-hybridized carbons (Fsp3) is 0.167. The average molecular weight is 358 g/mol. The molecule has 0 radical (unpaired) electrons. The van der Waals surface area contributed by atoms with Crippen LogP contribution in [0.1, 0.15) is 6.92 Å². The molecule has 0 aliphatic heterocycles. The average Bonchev–Trinajstić information content (AvgIpc) is 2.63. The summed E-state index contributed by atoms with van der Waals surface area (Å²) in [6.07, 6.45) is 0. The third-order valence-corrected chi connectivity index (χ3v) is 4.32. The molecule has 5 nitrogen and oxygen atoms in total. The number of fused-ring (bicyclic) bond motifs is 1. The number of esters is 1. The monoisotopic (exact) mass is 358 g/mol. The van der Waals surface area contributed by atoms with Gasteiger partial charge in [-0.15, -0.1) is 0 Å². The maximum absolute atomic E-state index is 14.2. The zero-order valence-corrected chi connectivity index (χ0v) is 14.2. The summed E-state index contributed by atoms with van der Waals surface area (Å²) in [6, 6.07) is 15.6. The number of hydrogen-bond acceptors (Lipinski definition) is 5. The highest BCUT2D eigenvalue weighted by molar-refractivity contribution is 8.00. The number of aromatic nitrogens is 2. The maximum Gasteiger partial charge on any atom is 0.351 e. The first-order chi connectivity index (χ1) is 12.1. The van der Waals surface area contributed by atoms with E-state index in [4.69, 9.17) is 0 Å². The van der Waals surface area contributed by atoms with Crippen LogP contribution in [0.25, 0.3) is 16.6 Å². The van der Waals surface area contributed by atoms with Crippen LogP contribution in [0.3, 0.4) is 0 Å². The Balaban J connectivity index is 2.16. The number of para-hydroxylation sites is 2. The molecule has 3 rings (SSSR count). The van der Waals surface area contributed by atoms with E-state index in [1.807, 2.05) is 6.07 Å². The first-order valence-corrected chi connectivity index (χ1v) is 8.54. The molecule has 1 unspecified atom stereocenters. The lowest BCUT2D eigenvalue weighted by Gasteiger charge is -2.14. The molecule has 2 aromatic carbocycles. The molecule has 0 aliphatic rings. The van der Waals surface area contributed by atoms with Crippen molar-refractivity contribution in [2.75, 3.05) is 6.61 Å². The van der Waals surface area contributed by atoms with Crippen molar-refractivity contribution in [3.8, 4) is 5.69 Å². The number of carbonyl (C=O) groups is 1. The van der Waals surface area contributed by atoms with E-state index in [1.165, 1.54) is 4.57 Å². The van der Waals surface area contributed by atoms with E-state index in [1.54, 1.807) is 55.5 Å². The van der Waals surface area contributed by atoms with Crippen molar-refractivity contribution < 1.29 is 13.9 Å². The molecule has 1 atom stereocenters. The summed E-state index contributed by atoms with van der Waals surface area (Å²) < 4.78 is 20.2. The number of carbonyl (C=O) groups excluding carboxylic acids is 1. The van der Waals surface area contributed by atoms with Gasteiger partial charge in [-0.1, -0.05) is 30.3 Å². The summed E-state index contributed by atoms with van der Waals surface area (Å²) in [4.78, 5) is 28.9. The van der Waals surface area contributed by atoms with Crippen molar-refractivity contribution in [2.45, 2.75) is 17.6 Å². The molecule has 0 amide bonds. The van der Waals surface area contributed by atoms with Crippen molar-refractivity contribution >= 4 is 28.6 Å². The quantitative estimate of drug-likeness (QED) is 0.398. The van der Waals surface area contributed by atoms with Crippen LogP contribution in [0.15, 0.2) is 64.5 Å². The van der Waals surface area contributed by atoms with E-state index in [2.05, 4.69) is 9.72 Å². The molecular weight excluding hydrogens is 343 g/mol. The summed E-state index contributed by atoms with van der Waals surface area (Å²) in [5.41, 5.74) is -1.30. The molecule has 0 bridgehead atoms. The number of hydrogen-bond donors (Lipinski definition) is 0. The van der Waals surface area contributed by atoms with Gasteiger partial charge in [-0.05, 0) is 43.0 Å². The number of alkyl halides is 1. The Morgan fingerprint density at radius 1 is 1.20 bits per heavy atom. The van der Waals surface area contributed by atoms with Crippen LogP contribution in [-0.4, -0.2) is 27.6 Å². The molecule has 0 saturated carbocycles. The molecule has 3 aromatic rings. The number of rotatable bonds is 5. The predicted molar refractivity (Wildman–Crippen MR) is 94.7 cm³/mol. The summed E-state index contributed by atoms with van der Waals surface area (Å²) in [7, 11) is 0. The Labute approximate surface area is 147 Å². The minimum absolute atomic E-state index is 0.0798. The topological polar surface area (TPSA) is 61.2 Å². The van der Waals surface area contributed by atoms with Gasteiger partial charge in [-0.3, -0.25) is 9.36 Å². The third kappa shape index (κ3) is 3.56. The van der Waals surface area contributed by atoms with Crippen molar-refractivity contribution in [2.24, 2.45) is 0 Å². The Morgan fingerprint density at radius 2 is 1.88 bits per heavy atom. The summed E-state index contributed by atoms with van der Waals surface area (Å²) in [5.74, 6) is -0.991. The molecule has 0 N–H and O–H groups in total. The lowest BCUT2D eigenvalue weighted by molar-refractivity contribution is -0.145. The van der Waals surface area contributed by atoms with Crippen LogP contribution < -0.4 is 5.56 Å². The molecule has 25 heavy (non-hydrogen) atoms. The number of thioether (sulfide) groups is 1. The van der Waals surface area contributed by atoms with Crippen LogP contribution in [0, 0.1) is 0 Å². The van der Waals surface area contributed by atoms with Crippen molar-refractivity contribution in [3.63, 3.8) is 0 Å². The van der Waals surface area contributed by atoms with E-state index < -0.39 is 11.5 Å². The minimum atomic E-state index is -1.97. The zero-order valence-electron chi connectivity index (χ0n) is 13.4. The fourth-order valence-electron chi connectivity index (χ4n) is 2.34. The second-order valence-electron chi connectivity index (χ2n) is 5.07. The van der Waals surface area contributed by atoms with Crippen LogP contribution in [0.5, 0.6) is 0 Å². The van der Waals surface area contributed by atoms with E-state index in [0.29, 0.717) is 28.4 Å². The lowest BCUT2D eigenvalue weighted by Crippen LogP contribution is -2.24. The van der Waals surface area contributed by atoms with Crippen LogP contribution in [0.4, 0.5) is 4.39 Å².